The van der Waals surface area contributed by atoms with Crippen molar-refractivity contribution in [2.75, 3.05) is 6.54 Å². The van der Waals surface area contributed by atoms with Crippen LogP contribution in [-0.2, 0) is 22.6 Å². The number of carboxylic acid groups (broad SMARTS) is 2. The number of ether oxygens (including phenoxy) is 1. The van der Waals surface area contributed by atoms with E-state index in [0.717, 1.165) is 24.0 Å². The molecule has 9 nitrogen and oxygen atoms in total. The minimum atomic E-state index is -5.08. The van der Waals surface area contributed by atoms with Crippen LogP contribution >= 0.6 is 0 Å². The molecule has 0 aromatic heterocycles. The maximum absolute atomic E-state index is 13.0. The third kappa shape index (κ3) is 8.79. The van der Waals surface area contributed by atoms with Gasteiger partial charge in [-0.15, -0.1) is 0 Å². The van der Waals surface area contributed by atoms with Gasteiger partial charge in [-0.3, -0.25) is 15.0 Å². The van der Waals surface area contributed by atoms with Crippen LogP contribution in [-0.4, -0.2) is 57.6 Å². The molecule has 1 atom stereocenters. The summed E-state index contributed by atoms with van der Waals surface area (Å²) in [6.07, 6.45) is -1.87. The first-order valence-corrected chi connectivity index (χ1v) is 11.8. The van der Waals surface area contributed by atoms with Crippen LogP contribution in [0.3, 0.4) is 0 Å². The van der Waals surface area contributed by atoms with E-state index in [1.54, 1.807) is 29.2 Å². The number of amidine groups is 1. The van der Waals surface area contributed by atoms with E-state index in [2.05, 4.69) is 6.92 Å². The number of nitrogen functional groups attached to an aromatic ring is 1. The van der Waals surface area contributed by atoms with Crippen LogP contribution in [0.5, 0.6) is 5.75 Å². The van der Waals surface area contributed by atoms with Crippen LogP contribution < -0.4 is 10.5 Å². The number of nitrogens with two attached hydrogens (primary N) is 1. The molecule has 0 radical (unpaired) electrons. The van der Waals surface area contributed by atoms with Gasteiger partial charge in [-0.05, 0) is 42.2 Å². The molecule has 0 aliphatic carbocycles. The predicted octanol–water partition coefficient (Wildman–Crippen LogP) is 4.21. The molecule has 5 N–H and O–H groups in total. The van der Waals surface area contributed by atoms with Crippen molar-refractivity contribution in [3.05, 3.63) is 64.7 Å². The van der Waals surface area contributed by atoms with Gasteiger partial charge in [0.05, 0.1) is 6.42 Å². The summed E-state index contributed by atoms with van der Waals surface area (Å²) >= 11 is 0. The molecule has 1 aliphatic rings. The molecular formula is C26H30F3N3O6. The molecule has 206 valence electrons. The molecule has 0 saturated heterocycles. The van der Waals surface area contributed by atoms with Gasteiger partial charge in [-0.1, -0.05) is 44.0 Å². The average molecular weight is 538 g/mol. The van der Waals surface area contributed by atoms with E-state index in [1.165, 1.54) is 0 Å². The molecule has 38 heavy (non-hydrogen) atoms. The highest BCUT2D eigenvalue weighted by molar-refractivity contribution is 5.97. The van der Waals surface area contributed by atoms with Crippen molar-refractivity contribution in [3.63, 3.8) is 0 Å². The number of amides is 1. The zero-order chi connectivity index (χ0) is 28.5. The van der Waals surface area contributed by atoms with E-state index in [9.17, 15) is 27.9 Å². The average Bonchev–Trinajstić information content (AvgIpc) is 2.85. The highest BCUT2D eigenvalue weighted by atomic mass is 19.4. The summed E-state index contributed by atoms with van der Waals surface area (Å²) in [5.74, 6) is -3.02. The summed E-state index contributed by atoms with van der Waals surface area (Å²) in [5.41, 5.74) is 8.64. The zero-order valence-electron chi connectivity index (χ0n) is 20.8. The first-order chi connectivity index (χ1) is 17.8. The van der Waals surface area contributed by atoms with Gasteiger partial charge in [0.1, 0.15) is 18.2 Å². The van der Waals surface area contributed by atoms with E-state index in [4.69, 9.17) is 25.8 Å². The SMILES string of the molecule is CCCCC(CC(=O)O)N1CCc2cc(OCc3ccc(C(=N)N)cc3)ccc2C1=O.O=C(O)C(F)(F)F. The van der Waals surface area contributed by atoms with E-state index in [0.29, 0.717) is 42.9 Å². The quantitative estimate of drug-likeness (QED) is 0.261. The second kappa shape index (κ2) is 13.5. The molecule has 2 aromatic rings. The number of rotatable bonds is 10. The predicted molar refractivity (Wildman–Crippen MR) is 132 cm³/mol. The number of hydrogen-bond acceptors (Lipinski definition) is 5. The fraction of sp³-hybridized carbons (Fsp3) is 0.385. The normalized spacial score (nSPS) is 13.6. The molecule has 0 bridgehead atoms. The number of halogens is 3. The van der Waals surface area contributed by atoms with Crippen molar-refractivity contribution >= 4 is 23.7 Å². The molecular weight excluding hydrogens is 507 g/mol. The van der Waals surface area contributed by atoms with E-state index >= 15 is 0 Å². The van der Waals surface area contributed by atoms with Crippen LogP contribution in [0, 0.1) is 5.41 Å². The van der Waals surface area contributed by atoms with Crippen molar-refractivity contribution in [1.29, 1.82) is 5.41 Å². The van der Waals surface area contributed by atoms with Gasteiger partial charge in [0, 0.05) is 23.7 Å². The number of carbonyl (C=O) groups excluding carboxylic acids is 1. The summed E-state index contributed by atoms with van der Waals surface area (Å²) in [7, 11) is 0. The second-order valence-corrected chi connectivity index (χ2v) is 8.66. The maximum Gasteiger partial charge on any atom is 0.490 e. The molecule has 0 fully saturated rings. The molecule has 1 aliphatic heterocycles. The van der Waals surface area contributed by atoms with Gasteiger partial charge in [0.25, 0.3) is 5.91 Å². The summed E-state index contributed by atoms with van der Waals surface area (Å²) in [4.78, 5) is 34.9. The van der Waals surface area contributed by atoms with Crippen LogP contribution in [0.4, 0.5) is 13.2 Å². The summed E-state index contributed by atoms with van der Waals surface area (Å²) in [5, 5.41) is 23.8. The lowest BCUT2D eigenvalue weighted by atomic mass is 9.95. The Balaban J connectivity index is 0.000000638. The fourth-order valence-electron chi connectivity index (χ4n) is 3.88. The number of unbranched alkanes of at least 4 members (excludes halogenated alkanes) is 1. The van der Waals surface area contributed by atoms with Gasteiger partial charge in [-0.2, -0.15) is 13.2 Å². The Morgan fingerprint density at radius 2 is 1.79 bits per heavy atom. The van der Waals surface area contributed by atoms with E-state index < -0.39 is 18.1 Å². The lowest BCUT2D eigenvalue weighted by Gasteiger charge is -2.35. The fourth-order valence-corrected chi connectivity index (χ4v) is 3.88. The Hall–Kier alpha value is -4.09. The summed E-state index contributed by atoms with van der Waals surface area (Å²) < 4.78 is 37.6. The van der Waals surface area contributed by atoms with Crippen LogP contribution in [0.1, 0.15) is 59.7 Å². The minimum absolute atomic E-state index is 0.0231. The topological polar surface area (TPSA) is 154 Å². The smallest absolute Gasteiger partial charge is 0.489 e. The summed E-state index contributed by atoms with van der Waals surface area (Å²) in [6.45, 7) is 2.95. The number of nitrogens with zero attached hydrogens (tertiary/aromatic N) is 1. The monoisotopic (exact) mass is 537 g/mol. The number of carboxylic acids is 2. The minimum Gasteiger partial charge on any atom is -0.489 e. The van der Waals surface area contributed by atoms with E-state index in [1.807, 2.05) is 18.2 Å². The third-order valence-electron chi connectivity index (χ3n) is 5.84. The van der Waals surface area contributed by atoms with Crippen molar-refractivity contribution in [3.8, 4) is 5.75 Å². The van der Waals surface area contributed by atoms with Crippen molar-refractivity contribution in [2.45, 2.75) is 57.9 Å². The molecule has 1 amide bonds. The molecule has 1 heterocycles. The van der Waals surface area contributed by atoms with Crippen LogP contribution in [0.15, 0.2) is 42.5 Å². The van der Waals surface area contributed by atoms with Crippen LogP contribution in [0.25, 0.3) is 0 Å². The number of nitrogens with one attached hydrogen (secondary N) is 1. The van der Waals surface area contributed by atoms with Gasteiger partial charge in [-0.25, -0.2) is 4.79 Å². The highest BCUT2D eigenvalue weighted by Crippen LogP contribution is 2.27. The Morgan fingerprint density at radius 1 is 1.16 bits per heavy atom. The molecule has 2 aromatic carbocycles. The van der Waals surface area contributed by atoms with Gasteiger partial charge >= 0.3 is 18.1 Å². The standard InChI is InChI=1S/C24H29N3O4.C2HF3O2/c1-2-3-4-19(14-22(28)29)27-12-11-18-13-20(9-10-21(18)24(27)30)31-15-16-5-7-17(8-6-16)23(25)26;3-2(4,5)1(6)7/h5-10,13,19H,2-4,11-12,14-15H2,1H3,(H3,25,26)(H,28,29);(H,6,7). The first-order valence-electron chi connectivity index (χ1n) is 11.8. The number of hydrogen-bond donors (Lipinski definition) is 4. The summed E-state index contributed by atoms with van der Waals surface area (Å²) in [6, 6.07) is 12.5. The number of benzene rings is 2. The number of aliphatic carboxylic acids is 2. The largest absolute Gasteiger partial charge is 0.490 e. The van der Waals surface area contributed by atoms with Gasteiger partial charge < -0.3 is 25.6 Å². The Kier molecular flexibility index (Phi) is 10.7. The van der Waals surface area contributed by atoms with E-state index in [-0.39, 0.29) is 24.2 Å². The number of alkyl halides is 3. The Morgan fingerprint density at radius 3 is 2.32 bits per heavy atom. The highest BCUT2D eigenvalue weighted by Gasteiger charge is 2.38. The molecule has 0 spiro atoms. The van der Waals surface area contributed by atoms with Crippen molar-refractivity contribution in [2.24, 2.45) is 5.73 Å². The third-order valence-corrected chi connectivity index (χ3v) is 5.84. The maximum atomic E-state index is 13.0. The first kappa shape index (κ1) is 30.1. The Bertz CT molecular complexity index is 1150. The molecule has 0 saturated carbocycles. The zero-order valence-corrected chi connectivity index (χ0v) is 20.8. The Labute approximate surface area is 217 Å². The lowest BCUT2D eigenvalue weighted by molar-refractivity contribution is -0.192. The molecule has 12 heteroatoms. The molecule has 3 rings (SSSR count). The van der Waals surface area contributed by atoms with Crippen molar-refractivity contribution < 1.29 is 42.5 Å². The van der Waals surface area contributed by atoms with Crippen molar-refractivity contribution in [1.82, 2.24) is 4.90 Å². The van der Waals surface area contributed by atoms with Gasteiger partial charge in [0.15, 0.2) is 0 Å². The lowest BCUT2D eigenvalue weighted by Crippen LogP contribution is -2.45. The second-order valence-electron chi connectivity index (χ2n) is 8.66. The van der Waals surface area contributed by atoms with Gasteiger partial charge in [0.2, 0.25) is 0 Å². The van der Waals surface area contributed by atoms with Crippen LogP contribution in [0.2, 0.25) is 0 Å². The number of carbonyl (C=O) groups is 3. The molecule has 1 unspecified atom stereocenters. The number of fused-ring (bicyclic) bond motifs is 1.